The average molecular weight is 492 g/mol. The summed E-state index contributed by atoms with van der Waals surface area (Å²) in [6.45, 7) is 6.29. The number of carbonyl (C=O) groups excluding carboxylic acids is 2. The number of carbonyl (C=O) groups is 2. The van der Waals surface area contributed by atoms with Crippen molar-refractivity contribution in [2.45, 2.75) is 26.7 Å². The van der Waals surface area contributed by atoms with E-state index >= 15 is 0 Å². The zero-order chi connectivity index (χ0) is 24.4. The van der Waals surface area contributed by atoms with Crippen molar-refractivity contribution in [3.05, 3.63) is 64.3 Å². The van der Waals surface area contributed by atoms with Gasteiger partial charge in [0, 0.05) is 19.6 Å². The monoisotopic (exact) mass is 491 g/mol. The highest BCUT2D eigenvalue weighted by Crippen LogP contribution is 2.35. The van der Waals surface area contributed by atoms with Gasteiger partial charge in [-0.1, -0.05) is 35.9 Å². The van der Waals surface area contributed by atoms with Crippen molar-refractivity contribution in [2.24, 2.45) is 5.92 Å². The average Bonchev–Trinajstić information content (AvgIpc) is 3.61. The molecule has 7 nitrogen and oxygen atoms in total. The minimum absolute atomic E-state index is 0.0834. The fraction of sp³-hybridized carbons (Fsp3) is 0.370. The third-order valence-corrected chi connectivity index (χ3v) is 7.21. The summed E-state index contributed by atoms with van der Waals surface area (Å²) in [7, 11) is 0. The molecule has 0 unspecified atom stereocenters. The Kier molecular flexibility index (Phi) is 6.72. The number of para-hydroxylation sites is 1. The van der Waals surface area contributed by atoms with Gasteiger partial charge in [-0.3, -0.25) is 9.59 Å². The molecule has 2 aliphatic rings. The number of benzene rings is 2. The van der Waals surface area contributed by atoms with Gasteiger partial charge in [0.25, 0.3) is 11.8 Å². The summed E-state index contributed by atoms with van der Waals surface area (Å²) in [6.07, 6.45) is 2.26. The maximum atomic E-state index is 13.6. The summed E-state index contributed by atoms with van der Waals surface area (Å²) in [4.78, 5) is 33.9. The second-order valence-electron chi connectivity index (χ2n) is 9.06. The zero-order valence-electron chi connectivity index (χ0n) is 20.0. The number of nitrogens with zero attached hydrogens (tertiary/aromatic N) is 2. The molecular weight excluding hydrogens is 462 g/mol. The third kappa shape index (κ3) is 5.32. The molecule has 0 spiro atoms. The summed E-state index contributed by atoms with van der Waals surface area (Å²) < 4.78 is 11.2. The molecule has 0 saturated heterocycles. The number of thiazole rings is 1. The number of fused-ring (bicyclic) bond motifs is 1. The maximum Gasteiger partial charge on any atom is 0.274 e. The van der Waals surface area contributed by atoms with Gasteiger partial charge in [-0.25, -0.2) is 4.98 Å². The lowest BCUT2D eigenvalue weighted by molar-refractivity contribution is 0.0736. The number of aromatic nitrogens is 1. The van der Waals surface area contributed by atoms with Gasteiger partial charge in [-0.05, 0) is 50.3 Å². The van der Waals surface area contributed by atoms with Crippen LogP contribution in [0.1, 0.15) is 44.3 Å². The van der Waals surface area contributed by atoms with Gasteiger partial charge >= 0.3 is 0 Å². The van der Waals surface area contributed by atoms with Crippen LogP contribution >= 0.6 is 11.3 Å². The van der Waals surface area contributed by atoms with E-state index in [0.29, 0.717) is 61.5 Å². The molecule has 2 heterocycles. The van der Waals surface area contributed by atoms with Crippen molar-refractivity contribution in [3.8, 4) is 21.9 Å². The zero-order valence-corrected chi connectivity index (χ0v) is 20.8. The smallest absolute Gasteiger partial charge is 0.274 e. The summed E-state index contributed by atoms with van der Waals surface area (Å²) in [5.41, 5.74) is 3.11. The molecule has 0 radical (unpaired) electrons. The Hall–Kier alpha value is -3.39. The predicted molar refractivity (Wildman–Crippen MR) is 135 cm³/mol. The topological polar surface area (TPSA) is 80.8 Å². The van der Waals surface area contributed by atoms with Gasteiger partial charge in [0.1, 0.15) is 18.9 Å². The largest absolute Gasteiger partial charge is 0.486 e. The Balaban J connectivity index is 1.30. The normalized spacial score (nSPS) is 14.5. The van der Waals surface area contributed by atoms with Crippen LogP contribution in [0.15, 0.2) is 42.5 Å². The van der Waals surface area contributed by atoms with Crippen LogP contribution < -0.4 is 14.8 Å². The van der Waals surface area contributed by atoms with Crippen LogP contribution in [-0.2, 0) is 0 Å². The van der Waals surface area contributed by atoms with E-state index in [1.165, 1.54) is 16.9 Å². The number of rotatable bonds is 8. The minimum Gasteiger partial charge on any atom is -0.486 e. The maximum absolute atomic E-state index is 13.6. The van der Waals surface area contributed by atoms with Gasteiger partial charge in [0.15, 0.2) is 11.5 Å². The number of amides is 2. The fourth-order valence-electron chi connectivity index (χ4n) is 4.16. The first-order chi connectivity index (χ1) is 17.0. The van der Waals surface area contributed by atoms with Crippen molar-refractivity contribution in [1.82, 2.24) is 15.2 Å². The van der Waals surface area contributed by atoms with E-state index in [1.54, 1.807) is 18.2 Å². The van der Waals surface area contributed by atoms with Crippen molar-refractivity contribution < 1.29 is 19.1 Å². The lowest BCUT2D eigenvalue weighted by Crippen LogP contribution is -2.40. The molecule has 1 fully saturated rings. The number of hydrogen-bond donors (Lipinski definition) is 1. The second kappa shape index (κ2) is 10.1. The Bertz CT molecular complexity index is 1230. The molecule has 1 N–H and O–H groups in total. The molecular formula is C27H29N3O4S. The van der Waals surface area contributed by atoms with E-state index in [4.69, 9.17) is 9.47 Å². The molecule has 5 rings (SSSR count). The van der Waals surface area contributed by atoms with Crippen molar-refractivity contribution in [3.63, 3.8) is 0 Å². The molecule has 1 aromatic heterocycles. The molecule has 182 valence electrons. The summed E-state index contributed by atoms with van der Waals surface area (Å²) >= 11 is 1.54. The van der Waals surface area contributed by atoms with Crippen LogP contribution in [0.5, 0.6) is 11.5 Å². The van der Waals surface area contributed by atoms with Crippen LogP contribution in [0.2, 0.25) is 0 Å². The van der Waals surface area contributed by atoms with E-state index in [0.717, 1.165) is 28.3 Å². The van der Waals surface area contributed by atoms with Crippen LogP contribution in [0.4, 0.5) is 0 Å². The highest BCUT2D eigenvalue weighted by molar-refractivity contribution is 7.15. The van der Waals surface area contributed by atoms with E-state index in [-0.39, 0.29) is 11.8 Å². The van der Waals surface area contributed by atoms with Crippen molar-refractivity contribution >= 4 is 23.2 Å². The van der Waals surface area contributed by atoms with Crippen molar-refractivity contribution in [1.29, 1.82) is 0 Å². The van der Waals surface area contributed by atoms with Crippen LogP contribution in [-0.4, -0.2) is 54.5 Å². The van der Waals surface area contributed by atoms with Gasteiger partial charge < -0.3 is 19.7 Å². The standard InChI is InChI=1S/C27H29N3O4S/c1-17-6-10-20(11-7-17)25-23(29-18(2)35-25)27(32)30(16-19-8-9-19)13-12-28-26(31)21-4-3-5-22-24(21)34-15-14-33-22/h3-7,10-11,19H,8-9,12-16H2,1-2H3,(H,28,31). The first-order valence-corrected chi connectivity index (χ1v) is 12.8. The lowest BCUT2D eigenvalue weighted by atomic mass is 10.1. The van der Waals surface area contributed by atoms with Crippen LogP contribution in [0.3, 0.4) is 0 Å². The molecule has 1 aliphatic carbocycles. The highest BCUT2D eigenvalue weighted by atomic mass is 32.1. The molecule has 2 amide bonds. The van der Waals surface area contributed by atoms with E-state index < -0.39 is 0 Å². The SMILES string of the molecule is Cc1ccc(-c2sc(C)nc2C(=O)N(CCNC(=O)c2cccc3c2OCCO3)CC2CC2)cc1. The van der Waals surface area contributed by atoms with E-state index in [1.807, 2.05) is 43.0 Å². The highest BCUT2D eigenvalue weighted by Gasteiger charge is 2.30. The quantitative estimate of drug-likeness (QED) is 0.503. The molecule has 1 saturated carbocycles. The molecule has 1 aliphatic heterocycles. The van der Waals surface area contributed by atoms with E-state index in [2.05, 4.69) is 10.3 Å². The first kappa shape index (κ1) is 23.4. The Morgan fingerprint density at radius 3 is 2.63 bits per heavy atom. The summed E-state index contributed by atoms with van der Waals surface area (Å²) in [5.74, 6) is 1.25. The van der Waals surface area contributed by atoms with Crippen LogP contribution in [0.25, 0.3) is 10.4 Å². The van der Waals surface area contributed by atoms with Gasteiger partial charge in [0.2, 0.25) is 0 Å². The number of aryl methyl sites for hydroxylation is 2. The molecule has 3 aromatic rings. The van der Waals surface area contributed by atoms with Gasteiger partial charge in [-0.15, -0.1) is 11.3 Å². The first-order valence-electron chi connectivity index (χ1n) is 12.0. The number of nitrogens with one attached hydrogen (secondary N) is 1. The van der Waals surface area contributed by atoms with E-state index in [9.17, 15) is 9.59 Å². The van der Waals surface area contributed by atoms with Gasteiger partial charge in [0.05, 0.1) is 15.4 Å². The molecule has 35 heavy (non-hydrogen) atoms. The fourth-order valence-corrected chi connectivity index (χ4v) is 5.08. The van der Waals surface area contributed by atoms with Gasteiger partial charge in [-0.2, -0.15) is 0 Å². The number of ether oxygens (including phenoxy) is 2. The summed E-state index contributed by atoms with van der Waals surface area (Å²) in [6, 6.07) is 13.5. The minimum atomic E-state index is -0.240. The third-order valence-electron chi connectivity index (χ3n) is 6.19. The van der Waals surface area contributed by atoms with Crippen LogP contribution in [0, 0.1) is 19.8 Å². The Morgan fingerprint density at radius 2 is 1.86 bits per heavy atom. The predicted octanol–water partition coefficient (Wildman–Crippen LogP) is 4.48. The second-order valence-corrected chi connectivity index (χ2v) is 10.3. The summed E-state index contributed by atoms with van der Waals surface area (Å²) in [5, 5.41) is 3.81. The lowest BCUT2D eigenvalue weighted by Gasteiger charge is -2.23. The van der Waals surface area contributed by atoms with Crippen molar-refractivity contribution in [2.75, 3.05) is 32.8 Å². The molecule has 2 aromatic carbocycles. The molecule has 0 bridgehead atoms. The Labute approximate surface area is 209 Å². The molecule has 0 atom stereocenters. The number of hydrogen-bond acceptors (Lipinski definition) is 6. The molecule has 8 heteroatoms. The Morgan fingerprint density at radius 1 is 1.09 bits per heavy atom.